The first-order valence-electron chi connectivity index (χ1n) is 8.53. The van der Waals surface area contributed by atoms with Gasteiger partial charge in [0.05, 0.1) is 23.5 Å². The van der Waals surface area contributed by atoms with E-state index in [1.807, 2.05) is 12.1 Å². The van der Waals surface area contributed by atoms with Gasteiger partial charge in [0.2, 0.25) is 11.8 Å². The first kappa shape index (κ1) is 19.8. The Balaban J connectivity index is 1.47. The van der Waals surface area contributed by atoms with Crippen LogP contribution in [0.4, 0.5) is 11.4 Å². The van der Waals surface area contributed by atoms with Gasteiger partial charge >= 0.3 is 0 Å². The van der Waals surface area contributed by atoms with Gasteiger partial charge in [-0.15, -0.1) is 11.3 Å². The summed E-state index contributed by atoms with van der Waals surface area (Å²) < 4.78 is 6.30. The molecule has 1 fully saturated rings. The van der Waals surface area contributed by atoms with Crippen molar-refractivity contribution in [3.8, 4) is 0 Å². The fourth-order valence-electron chi connectivity index (χ4n) is 2.56. The van der Waals surface area contributed by atoms with Crippen LogP contribution in [0.25, 0.3) is 6.08 Å². The molecule has 0 radical (unpaired) electrons. The van der Waals surface area contributed by atoms with Crippen LogP contribution in [-0.4, -0.2) is 49.6 Å². The largest absolute Gasteiger partial charge is 0.379 e. The van der Waals surface area contributed by atoms with Gasteiger partial charge in [-0.25, -0.2) is 0 Å². The average Bonchev–Trinajstić information content (AvgIpc) is 3.08. The molecule has 1 aliphatic rings. The molecule has 27 heavy (non-hydrogen) atoms. The molecule has 1 aromatic heterocycles. The van der Waals surface area contributed by atoms with E-state index in [-0.39, 0.29) is 11.8 Å². The second-order valence-electron chi connectivity index (χ2n) is 5.98. The maximum atomic E-state index is 12.1. The minimum absolute atomic E-state index is 0.0567. The van der Waals surface area contributed by atoms with Gasteiger partial charge in [-0.3, -0.25) is 14.5 Å². The SMILES string of the molecule is O=C(/C=C/c1ccc(Br)s1)Nc1ccc(NC(=O)CN2CCOCC2)cc1. The van der Waals surface area contributed by atoms with Crippen molar-refractivity contribution in [2.45, 2.75) is 0 Å². The summed E-state index contributed by atoms with van der Waals surface area (Å²) in [7, 11) is 0. The second-order valence-corrected chi connectivity index (χ2v) is 8.47. The Morgan fingerprint density at radius 2 is 1.74 bits per heavy atom. The lowest BCUT2D eigenvalue weighted by Crippen LogP contribution is -2.41. The monoisotopic (exact) mass is 449 g/mol. The van der Waals surface area contributed by atoms with Crippen molar-refractivity contribution in [1.82, 2.24) is 4.90 Å². The van der Waals surface area contributed by atoms with Gasteiger partial charge < -0.3 is 15.4 Å². The number of ether oxygens (including phenoxy) is 1. The zero-order valence-electron chi connectivity index (χ0n) is 14.6. The zero-order valence-corrected chi connectivity index (χ0v) is 17.0. The molecule has 1 aromatic carbocycles. The first-order chi connectivity index (χ1) is 13.1. The molecule has 2 aromatic rings. The molecule has 2 heterocycles. The molecular formula is C19H20BrN3O3S. The Morgan fingerprint density at radius 1 is 1.07 bits per heavy atom. The standard InChI is InChI=1S/C19H20BrN3O3S/c20-17-7-5-16(27-17)6-8-18(24)21-14-1-3-15(4-2-14)22-19(25)13-23-9-11-26-12-10-23/h1-8H,9-13H2,(H,21,24)(H,22,25)/b8-6+. The highest BCUT2D eigenvalue weighted by Crippen LogP contribution is 2.23. The van der Waals surface area contributed by atoms with E-state index in [1.165, 1.54) is 6.08 Å². The number of benzene rings is 1. The number of carbonyl (C=O) groups is 2. The number of anilines is 2. The molecule has 6 nitrogen and oxygen atoms in total. The number of halogens is 1. The summed E-state index contributed by atoms with van der Waals surface area (Å²) in [6, 6.07) is 10.9. The highest BCUT2D eigenvalue weighted by Gasteiger charge is 2.14. The number of thiophene rings is 1. The summed E-state index contributed by atoms with van der Waals surface area (Å²) in [5.41, 5.74) is 1.37. The van der Waals surface area contributed by atoms with Gasteiger partial charge in [-0.1, -0.05) is 0 Å². The maximum absolute atomic E-state index is 12.1. The molecule has 0 bridgehead atoms. The molecule has 3 rings (SSSR count). The Labute approximate surface area is 170 Å². The molecule has 2 N–H and O–H groups in total. The Bertz CT molecular complexity index is 814. The third-order valence-electron chi connectivity index (χ3n) is 3.90. The number of carbonyl (C=O) groups excluding carboxylic acids is 2. The van der Waals surface area contributed by atoms with E-state index < -0.39 is 0 Å². The Hall–Kier alpha value is -2.00. The molecule has 1 aliphatic heterocycles. The number of hydrogen-bond acceptors (Lipinski definition) is 5. The van der Waals surface area contributed by atoms with E-state index in [0.29, 0.717) is 31.1 Å². The van der Waals surface area contributed by atoms with Crippen LogP contribution in [0.3, 0.4) is 0 Å². The molecule has 0 aliphatic carbocycles. The Morgan fingerprint density at radius 3 is 2.37 bits per heavy atom. The molecule has 0 unspecified atom stereocenters. The normalized spacial score (nSPS) is 15.0. The van der Waals surface area contributed by atoms with E-state index in [1.54, 1.807) is 41.7 Å². The van der Waals surface area contributed by atoms with Crippen LogP contribution >= 0.6 is 27.3 Å². The predicted octanol–water partition coefficient (Wildman–Crippen LogP) is 3.43. The highest BCUT2D eigenvalue weighted by atomic mass is 79.9. The first-order valence-corrected chi connectivity index (χ1v) is 10.1. The number of hydrogen-bond donors (Lipinski definition) is 2. The minimum atomic E-state index is -0.205. The highest BCUT2D eigenvalue weighted by molar-refractivity contribution is 9.11. The van der Waals surface area contributed by atoms with Crippen molar-refractivity contribution in [3.05, 3.63) is 51.1 Å². The molecule has 0 saturated carbocycles. The van der Waals surface area contributed by atoms with Gasteiger partial charge in [0.1, 0.15) is 0 Å². The zero-order chi connectivity index (χ0) is 19.1. The lowest BCUT2D eigenvalue weighted by molar-refractivity contribution is -0.118. The van der Waals surface area contributed by atoms with Crippen molar-refractivity contribution in [1.29, 1.82) is 0 Å². The molecule has 1 saturated heterocycles. The van der Waals surface area contributed by atoms with Crippen molar-refractivity contribution in [2.75, 3.05) is 43.5 Å². The fourth-order valence-corrected chi connectivity index (χ4v) is 3.89. The molecule has 0 atom stereocenters. The summed E-state index contributed by atoms with van der Waals surface area (Å²) >= 11 is 4.95. The van der Waals surface area contributed by atoms with E-state index in [4.69, 9.17) is 4.74 Å². The fraction of sp³-hybridized carbons (Fsp3) is 0.263. The van der Waals surface area contributed by atoms with Crippen LogP contribution in [-0.2, 0) is 14.3 Å². The predicted molar refractivity (Wildman–Crippen MR) is 112 cm³/mol. The van der Waals surface area contributed by atoms with Gasteiger partial charge in [0, 0.05) is 35.4 Å². The van der Waals surface area contributed by atoms with Gasteiger partial charge in [0.15, 0.2) is 0 Å². The molecular weight excluding hydrogens is 430 g/mol. The molecule has 142 valence electrons. The quantitative estimate of drug-likeness (QED) is 0.662. The van der Waals surface area contributed by atoms with E-state index in [0.717, 1.165) is 21.8 Å². The summed E-state index contributed by atoms with van der Waals surface area (Å²) in [5.74, 6) is -0.262. The number of nitrogens with zero attached hydrogens (tertiary/aromatic N) is 1. The van der Waals surface area contributed by atoms with Crippen LogP contribution in [0.2, 0.25) is 0 Å². The van der Waals surface area contributed by atoms with E-state index in [2.05, 4.69) is 31.5 Å². The lowest BCUT2D eigenvalue weighted by atomic mass is 10.2. The van der Waals surface area contributed by atoms with E-state index >= 15 is 0 Å². The van der Waals surface area contributed by atoms with Crippen LogP contribution in [0.1, 0.15) is 4.88 Å². The van der Waals surface area contributed by atoms with Crippen molar-refractivity contribution >= 4 is 56.5 Å². The topological polar surface area (TPSA) is 70.7 Å². The van der Waals surface area contributed by atoms with Crippen molar-refractivity contribution in [3.63, 3.8) is 0 Å². The van der Waals surface area contributed by atoms with Gasteiger partial charge in [-0.2, -0.15) is 0 Å². The Kier molecular flexibility index (Phi) is 7.17. The van der Waals surface area contributed by atoms with Crippen LogP contribution < -0.4 is 10.6 Å². The van der Waals surface area contributed by atoms with Crippen LogP contribution in [0.15, 0.2) is 46.3 Å². The average molecular weight is 450 g/mol. The smallest absolute Gasteiger partial charge is 0.248 e. The van der Waals surface area contributed by atoms with Gasteiger partial charge in [0.25, 0.3) is 0 Å². The third kappa shape index (κ3) is 6.59. The summed E-state index contributed by atoms with van der Waals surface area (Å²) in [6.45, 7) is 3.23. The van der Waals surface area contributed by atoms with Gasteiger partial charge in [-0.05, 0) is 58.4 Å². The second kappa shape index (κ2) is 9.80. The maximum Gasteiger partial charge on any atom is 0.248 e. The summed E-state index contributed by atoms with van der Waals surface area (Å²) in [6.07, 6.45) is 3.27. The lowest BCUT2D eigenvalue weighted by Gasteiger charge is -2.25. The molecule has 0 spiro atoms. The molecule has 2 amide bonds. The minimum Gasteiger partial charge on any atom is -0.379 e. The third-order valence-corrected chi connectivity index (χ3v) is 5.49. The summed E-state index contributed by atoms with van der Waals surface area (Å²) in [5, 5.41) is 5.67. The van der Waals surface area contributed by atoms with Crippen LogP contribution in [0.5, 0.6) is 0 Å². The van der Waals surface area contributed by atoms with Crippen LogP contribution in [0, 0.1) is 0 Å². The number of rotatable bonds is 6. The van der Waals surface area contributed by atoms with Crippen molar-refractivity contribution in [2.24, 2.45) is 0 Å². The number of amides is 2. The molecule has 8 heteroatoms. The summed E-state index contributed by atoms with van der Waals surface area (Å²) in [4.78, 5) is 27.1. The van der Waals surface area contributed by atoms with E-state index in [9.17, 15) is 9.59 Å². The number of nitrogens with one attached hydrogen (secondary N) is 2. The number of morpholine rings is 1. The van der Waals surface area contributed by atoms with Crippen molar-refractivity contribution < 1.29 is 14.3 Å².